The Bertz CT molecular complexity index is 1010. The molecule has 0 bridgehead atoms. The molecule has 1 aliphatic heterocycles. The number of nitrogens with one attached hydrogen (secondary N) is 1. The molecule has 172 valence electrons. The maximum Gasteiger partial charge on any atom is 0.414 e. The summed E-state index contributed by atoms with van der Waals surface area (Å²) in [6, 6.07) is 8.22. The van der Waals surface area contributed by atoms with E-state index in [-0.39, 0.29) is 24.5 Å². The lowest BCUT2D eigenvalue weighted by Gasteiger charge is -2.39. The lowest BCUT2D eigenvalue weighted by Crippen LogP contribution is -2.45. The number of benzene rings is 2. The van der Waals surface area contributed by atoms with Crippen LogP contribution in [0.4, 0.5) is 10.5 Å². The first kappa shape index (κ1) is 24.0. The van der Waals surface area contributed by atoms with Gasteiger partial charge in [-0.05, 0) is 50.1 Å². The average molecular weight is 481 g/mol. The van der Waals surface area contributed by atoms with Crippen LogP contribution in [0, 0.1) is 0 Å². The molecular weight excluding hydrogens is 455 g/mol. The standard InChI is InChI=1S/C23H26Cl2N2O5/c1-5-32-23(29)27-13(2)8-15(16-10-20(30-3)21(31-4)11-19(16)27)12-26-22(28)14-6-7-17(24)18(25)9-14/h6-7,9-11,13,15H,5,8,12H2,1-4H3,(H,26,28). The number of halogens is 2. The van der Waals surface area contributed by atoms with Crippen molar-refractivity contribution in [2.45, 2.75) is 32.2 Å². The van der Waals surface area contributed by atoms with E-state index in [1.54, 1.807) is 44.2 Å². The highest BCUT2D eigenvalue weighted by molar-refractivity contribution is 6.42. The summed E-state index contributed by atoms with van der Waals surface area (Å²) < 4.78 is 16.2. The molecule has 9 heteroatoms. The van der Waals surface area contributed by atoms with Crippen molar-refractivity contribution in [1.29, 1.82) is 0 Å². The van der Waals surface area contributed by atoms with Crippen molar-refractivity contribution in [2.75, 3.05) is 32.3 Å². The smallest absolute Gasteiger partial charge is 0.414 e. The fourth-order valence-corrected chi connectivity index (χ4v) is 4.22. The number of hydrogen-bond donors (Lipinski definition) is 1. The zero-order valence-electron chi connectivity index (χ0n) is 18.4. The summed E-state index contributed by atoms with van der Waals surface area (Å²) in [7, 11) is 3.10. The molecule has 1 heterocycles. The Kier molecular flexibility index (Phi) is 7.74. The lowest BCUT2D eigenvalue weighted by atomic mass is 9.85. The van der Waals surface area contributed by atoms with Crippen molar-refractivity contribution in [1.82, 2.24) is 5.32 Å². The minimum atomic E-state index is -0.424. The van der Waals surface area contributed by atoms with Crippen molar-refractivity contribution >= 4 is 40.9 Å². The van der Waals surface area contributed by atoms with Gasteiger partial charge in [-0.3, -0.25) is 9.69 Å². The molecule has 2 amide bonds. The van der Waals surface area contributed by atoms with Gasteiger partial charge in [-0.1, -0.05) is 23.2 Å². The third-order valence-corrected chi connectivity index (χ3v) is 6.19. The third kappa shape index (κ3) is 4.89. The highest BCUT2D eigenvalue weighted by atomic mass is 35.5. The molecule has 0 aromatic heterocycles. The van der Waals surface area contributed by atoms with E-state index in [2.05, 4.69) is 5.32 Å². The first-order valence-corrected chi connectivity index (χ1v) is 11.0. The van der Waals surface area contributed by atoms with Crippen LogP contribution >= 0.6 is 23.2 Å². The summed E-state index contributed by atoms with van der Waals surface area (Å²) in [5, 5.41) is 3.67. The van der Waals surface area contributed by atoms with Crippen LogP contribution < -0.4 is 19.7 Å². The Morgan fingerprint density at radius 1 is 1.09 bits per heavy atom. The molecule has 2 aromatic rings. The molecule has 0 saturated heterocycles. The normalized spacial score (nSPS) is 17.4. The highest BCUT2D eigenvalue weighted by Crippen LogP contribution is 2.44. The van der Waals surface area contributed by atoms with Gasteiger partial charge < -0.3 is 19.5 Å². The molecule has 32 heavy (non-hydrogen) atoms. The molecule has 1 aliphatic rings. The average Bonchev–Trinajstić information content (AvgIpc) is 2.78. The first-order valence-electron chi connectivity index (χ1n) is 10.3. The van der Waals surface area contributed by atoms with Gasteiger partial charge in [0, 0.05) is 30.1 Å². The van der Waals surface area contributed by atoms with Crippen molar-refractivity contribution in [3.05, 3.63) is 51.5 Å². The molecular formula is C23H26Cl2N2O5. The molecule has 0 fully saturated rings. The number of methoxy groups -OCH3 is 2. The molecule has 2 unspecified atom stereocenters. The zero-order chi connectivity index (χ0) is 23.4. The van der Waals surface area contributed by atoms with E-state index in [1.165, 1.54) is 6.07 Å². The van der Waals surface area contributed by atoms with Gasteiger partial charge >= 0.3 is 6.09 Å². The van der Waals surface area contributed by atoms with Crippen molar-refractivity contribution < 1.29 is 23.8 Å². The van der Waals surface area contributed by atoms with E-state index >= 15 is 0 Å². The van der Waals surface area contributed by atoms with Gasteiger partial charge in [0.15, 0.2) is 11.5 Å². The number of amides is 2. The number of carbonyl (C=O) groups excluding carboxylic acids is 2. The van der Waals surface area contributed by atoms with Crippen LogP contribution in [-0.4, -0.2) is 45.4 Å². The predicted octanol–water partition coefficient (Wildman–Crippen LogP) is 5.28. The molecule has 2 aromatic carbocycles. The summed E-state index contributed by atoms with van der Waals surface area (Å²) >= 11 is 12.0. The number of fused-ring (bicyclic) bond motifs is 1. The van der Waals surface area contributed by atoms with Crippen LogP contribution in [0.25, 0.3) is 0 Å². The monoisotopic (exact) mass is 480 g/mol. The maximum absolute atomic E-state index is 12.7. The van der Waals surface area contributed by atoms with Crippen LogP contribution in [0.15, 0.2) is 30.3 Å². The Balaban J connectivity index is 1.91. The van der Waals surface area contributed by atoms with E-state index in [1.807, 2.05) is 13.0 Å². The van der Waals surface area contributed by atoms with Gasteiger partial charge in [0.2, 0.25) is 0 Å². The highest BCUT2D eigenvalue weighted by Gasteiger charge is 2.36. The molecule has 7 nitrogen and oxygen atoms in total. The van der Waals surface area contributed by atoms with E-state index in [0.29, 0.717) is 45.8 Å². The number of hydrogen-bond acceptors (Lipinski definition) is 5. The quantitative estimate of drug-likeness (QED) is 0.608. The molecule has 3 rings (SSSR count). The van der Waals surface area contributed by atoms with E-state index in [4.69, 9.17) is 37.4 Å². The van der Waals surface area contributed by atoms with Gasteiger partial charge in [-0.15, -0.1) is 0 Å². The number of anilines is 1. The Hall–Kier alpha value is -2.64. The van der Waals surface area contributed by atoms with Gasteiger partial charge in [0.25, 0.3) is 5.91 Å². The van der Waals surface area contributed by atoms with E-state index in [0.717, 1.165) is 5.56 Å². The van der Waals surface area contributed by atoms with Crippen LogP contribution in [-0.2, 0) is 4.74 Å². The fourth-order valence-electron chi connectivity index (χ4n) is 3.92. The SMILES string of the molecule is CCOC(=O)N1c2cc(OC)c(OC)cc2C(CNC(=O)c2ccc(Cl)c(Cl)c2)CC1C. The Labute approximate surface area is 197 Å². The summed E-state index contributed by atoms with van der Waals surface area (Å²) in [6.45, 7) is 4.35. The molecule has 0 aliphatic carbocycles. The number of ether oxygens (including phenoxy) is 3. The molecule has 0 saturated carbocycles. The summed E-state index contributed by atoms with van der Waals surface area (Å²) in [5.41, 5.74) is 1.96. The first-order chi connectivity index (χ1) is 15.3. The van der Waals surface area contributed by atoms with Crippen molar-refractivity contribution in [2.24, 2.45) is 0 Å². The van der Waals surface area contributed by atoms with Crippen molar-refractivity contribution in [3.8, 4) is 11.5 Å². The van der Waals surface area contributed by atoms with Crippen LogP contribution in [0.5, 0.6) is 11.5 Å². The number of nitrogens with zero attached hydrogens (tertiary/aromatic N) is 1. The fraction of sp³-hybridized carbons (Fsp3) is 0.391. The molecule has 1 N–H and O–H groups in total. The number of rotatable bonds is 6. The second-order valence-electron chi connectivity index (χ2n) is 7.46. The third-order valence-electron chi connectivity index (χ3n) is 5.45. The van der Waals surface area contributed by atoms with E-state index < -0.39 is 6.09 Å². The topological polar surface area (TPSA) is 77.1 Å². The summed E-state index contributed by atoms with van der Waals surface area (Å²) in [4.78, 5) is 27.0. The molecule has 0 spiro atoms. The van der Waals surface area contributed by atoms with Gasteiger partial charge in [0.1, 0.15) is 0 Å². The lowest BCUT2D eigenvalue weighted by molar-refractivity contribution is 0.0949. The largest absolute Gasteiger partial charge is 0.493 e. The minimum Gasteiger partial charge on any atom is -0.493 e. The van der Waals surface area contributed by atoms with Gasteiger partial charge in [-0.2, -0.15) is 0 Å². The molecule has 2 atom stereocenters. The van der Waals surface area contributed by atoms with Crippen LogP contribution in [0.1, 0.15) is 42.1 Å². The predicted molar refractivity (Wildman–Crippen MR) is 125 cm³/mol. The Morgan fingerprint density at radius 3 is 2.41 bits per heavy atom. The van der Waals surface area contributed by atoms with Gasteiger partial charge in [0.05, 0.1) is 36.6 Å². The summed E-state index contributed by atoms with van der Waals surface area (Å²) in [6.07, 6.45) is 0.204. The second kappa shape index (κ2) is 10.3. The second-order valence-corrected chi connectivity index (χ2v) is 8.27. The molecule has 0 radical (unpaired) electrons. The maximum atomic E-state index is 12.7. The van der Waals surface area contributed by atoms with Crippen molar-refractivity contribution in [3.63, 3.8) is 0 Å². The number of carbonyl (C=O) groups is 2. The van der Waals surface area contributed by atoms with E-state index in [9.17, 15) is 9.59 Å². The van der Waals surface area contributed by atoms with Crippen LogP contribution in [0.2, 0.25) is 10.0 Å². The minimum absolute atomic E-state index is 0.0581. The zero-order valence-corrected chi connectivity index (χ0v) is 19.9. The Morgan fingerprint density at radius 2 is 1.78 bits per heavy atom. The summed E-state index contributed by atoms with van der Waals surface area (Å²) in [5.74, 6) is 0.738. The van der Waals surface area contributed by atoms with Gasteiger partial charge in [-0.25, -0.2) is 4.79 Å². The van der Waals surface area contributed by atoms with Crippen LogP contribution in [0.3, 0.4) is 0 Å².